The molecule has 2 rings (SSSR count). The Morgan fingerprint density at radius 1 is 1.44 bits per heavy atom. The number of hydrogen-bond acceptors (Lipinski definition) is 4. The summed E-state index contributed by atoms with van der Waals surface area (Å²) in [6, 6.07) is 1.08. The molecule has 0 atom stereocenters. The van der Waals surface area contributed by atoms with E-state index in [1.165, 1.54) is 12.4 Å². The first-order valence-corrected chi connectivity index (χ1v) is 4.37. The highest BCUT2D eigenvalue weighted by atomic mass is 19.1. The highest BCUT2D eigenvalue weighted by Crippen LogP contribution is 2.13. The van der Waals surface area contributed by atoms with Crippen molar-refractivity contribution in [3.8, 4) is 0 Å². The fourth-order valence-corrected chi connectivity index (χ4v) is 1.12. The Hall–Kier alpha value is -2.44. The fraction of sp³-hybridized carbons (Fsp3) is 0. The normalized spacial score (nSPS) is 10.1. The van der Waals surface area contributed by atoms with Crippen LogP contribution < -0.4 is 11.1 Å². The molecule has 0 unspecified atom stereocenters. The van der Waals surface area contributed by atoms with Gasteiger partial charge in [0.25, 0.3) is 5.91 Å². The van der Waals surface area contributed by atoms with Crippen LogP contribution >= 0.6 is 0 Å². The summed E-state index contributed by atoms with van der Waals surface area (Å²) >= 11 is 0. The van der Waals surface area contributed by atoms with Gasteiger partial charge in [-0.3, -0.25) is 14.9 Å². The summed E-state index contributed by atoms with van der Waals surface area (Å²) in [5.41, 5.74) is 5.91. The lowest BCUT2D eigenvalue weighted by atomic mass is 10.2. The van der Waals surface area contributed by atoms with Gasteiger partial charge in [-0.25, -0.2) is 4.39 Å². The summed E-state index contributed by atoms with van der Waals surface area (Å²) in [5, 5.41) is 8.58. The molecule has 0 spiro atoms. The zero-order valence-corrected chi connectivity index (χ0v) is 8.07. The number of carbonyl (C=O) groups excluding carboxylic acids is 1. The molecule has 2 aromatic rings. The Labute approximate surface area is 89.7 Å². The van der Waals surface area contributed by atoms with Crippen molar-refractivity contribution in [2.24, 2.45) is 0 Å². The fourth-order valence-electron chi connectivity index (χ4n) is 1.12. The molecule has 6 nitrogen and oxygen atoms in total. The highest BCUT2D eigenvalue weighted by molar-refractivity contribution is 6.04. The summed E-state index contributed by atoms with van der Waals surface area (Å²) in [6.07, 6.45) is 3.63. The molecule has 2 aromatic heterocycles. The number of rotatable bonds is 2. The van der Waals surface area contributed by atoms with Gasteiger partial charge in [-0.05, 0) is 6.07 Å². The van der Waals surface area contributed by atoms with E-state index >= 15 is 0 Å². The van der Waals surface area contributed by atoms with Gasteiger partial charge in [0.2, 0.25) is 0 Å². The van der Waals surface area contributed by atoms with Crippen LogP contribution in [0, 0.1) is 5.82 Å². The summed E-state index contributed by atoms with van der Waals surface area (Å²) in [6.45, 7) is 0. The minimum absolute atomic E-state index is 0.106. The number of aromatic amines is 1. The van der Waals surface area contributed by atoms with Gasteiger partial charge in [-0.2, -0.15) is 5.10 Å². The molecule has 0 aromatic carbocycles. The van der Waals surface area contributed by atoms with Crippen LogP contribution in [0.25, 0.3) is 0 Å². The number of carbonyl (C=O) groups is 1. The van der Waals surface area contributed by atoms with E-state index in [0.717, 1.165) is 12.3 Å². The van der Waals surface area contributed by atoms with E-state index in [1.54, 1.807) is 0 Å². The van der Waals surface area contributed by atoms with Gasteiger partial charge in [0, 0.05) is 6.20 Å². The summed E-state index contributed by atoms with van der Waals surface area (Å²) in [4.78, 5) is 15.2. The van der Waals surface area contributed by atoms with Crippen molar-refractivity contribution in [2.75, 3.05) is 11.1 Å². The first kappa shape index (κ1) is 10.1. The lowest BCUT2D eigenvalue weighted by molar-refractivity contribution is 0.102. The molecular weight excluding hydrogens is 213 g/mol. The third-order valence-electron chi connectivity index (χ3n) is 1.87. The number of halogens is 1. The molecule has 4 N–H and O–H groups in total. The molecule has 0 aliphatic heterocycles. The van der Waals surface area contributed by atoms with E-state index in [2.05, 4.69) is 20.5 Å². The zero-order valence-electron chi connectivity index (χ0n) is 8.07. The predicted octanol–water partition coefficient (Wildman–Crippen LogP) is 0.778. The summed E-state index contributed by atoms with van der Waals surface area (Å²) < 4.78 is 12.8. The number of aromatic nitrogens is 3. The van der Waals surface area contributed by atoms with Crippen LogP contribution in [0.2, 0.25) is 0 Å². The maximum Gasteiger partial charge on any atom is 0.258 e. The van der Waals surface area contributed by atoms with Crippen LogP contribution in [0.1, 0.15) is 10.4 Å². The Kier molecular flexibility index (Phi) is 2.50. The van der Waals surface area contributed by atoms with Crippen LogP contribution in [-0.2, 0) is 0 Å². The van der Waals surface area contributed by atoms with Gasteiger partial charge in [0.15, 0.2) is 5.82 Å². The van der Waals surface area contributed by atoms with Gasteiger partial charge in [0.1, 0.15) is 5.82 Å². The molecule has 2 heterocycles. The molecular formula is C9H8FN5O. The van der Waals surface area contributed by atoms with Crippen LogP contribution in [0.15, 0.2) is 24.7 Å². The van der Waals surface area contributed by atoms with Gasteiger partial charge in [0.05, 0.1) is 23.6 Å². The molecule has 82 valence electrons. The Balaban J connectivity index is 2.18. The zero-order chi connectivity index (χ0) is 11.5. The number of nitrogens with zero attached hydrogens (tertiary/aromatic N) is 2. The molecule has 0 saturated heterocycles. The highest BCUT2D eigenvalue weighted by Gasteiger charge is 2.10. The van der Waals surface area contributed by atoms with Crippen LogP contribution in [0.5, 0.6) is 0 Å². The molecule has 0 aliphatic carbocycles. The first-order valence-electron chi connectivity index (χ1n) is 4.37. The SMILES string of the molecule is Nc1cn[nH]c1NC(=O)c1cncc(F)c1. The van der Waals surface area contributed by atoms with E-state index in [-0.39, 0.29) is 11.4 Å². The molecule has 1 amide bonds. The third-order valence-corrected chi connectivity index (χ3v) is 1.87. The Morgan fingerprint density at radius 3 is 2.88 bits per heavy atom. The van der Waals surface area contributed by atoms with Gasteiger partial charge in [-0.1, -0.05) is 0 Å². The number of nitrogens with one attached hydrogen (secondary N) is 2. The minimum atomic E-state index is -0.578. The van der Waals surface area contributed by atoms with Crippen molar-refractivity contribution in [3.63, 3.8) is 0 Å². The van der Waals surface area contributed by atoms with Crippen molar-refractivity contribution < 1.29 is 9.18 Å². The lowest BCUT2D eigenvalue weighted by Gasteiger charge is -2.02. The second kappa shape index (κ2) is 3.97. The van der Waals surface area contributed by atoms with Crippen LogP contribution in [0.3, 0.4) is 0 Å². The van der Waals surface area contributed by atoms with Crippen molar-refractivity contribution in [3.05, 3.63) is 36.0 Å². The van der Waals surface area contributed by atoms with Crippen molar-refractivity contribution in [1.29, 1.82) is 0 Å². The minimum Gasteiger partial charge on any atom is -0.394 e. The quantitative estimate of drug-likeness (QED) is 0.698. The van der Waals surface area contributed by atoms with Gasteiger partial charge in [-0.15, -0.1) is 0 Å². The lowest BCUT2D eigenvalue weighted by Crippen LogP contribution is -2.13. The smallest absolute Gasteiger partial charge is 0.258 e. The van der Waals surface area contributed by atoms with Crippen molar-refractivity contribution >= 4 is 17.4 Å². The average molecular weight is 221 g/mol. The number of pyridine rings is 1. The van der Waals surface area contributed by atoms with Crippen LogP contribution in [0.4, 0.5) is 15.9 Å². The second-order valence-electron chi connectivity index (χ2n) is 3.05. The third kappa shape index (κ3) is 1.97. The molecule has 0 saturated carbocycles. The molecule has 0 radical (unpaired) electrons. The Morgan fingerprint density at radius 2 is 2.25 bits per heavy atom. The molecule has 0 bridgehead atoms. The molecule has 0 aliphatic rings. The number of nitrogen functional groups attached to an aromatic ring is 1. The number of H-pyrrole nitrogens is 1. The van der Waals surface area contributed by atoms with E-state index in [1.807, 2.05) is 0 Å². The largest absolute Gasteiger partial charge is 0.394 e. The van der Waals surface area contributed by atoms with Crippen LogP contribution in [-0.4, -0.2) is 21.1 Å². The van der Waals surface area contributed by atoms with Gasteiger partial charge < -0.3 is 11.1 Å². The molecule has 16 heavy (non-hydrogen) atoms. The topological polar surface area (TPSA) is 96.7 Å². The summed E-state index contributed by atoms with van der Waals surface area (Å²) in [5.74, 6) is -0.817. The van der Waals surface area contributed by atoms with E-state index in [9.17, 15) is 9.18 Å². The average Bonchev–Trinajstić information content (AvgIpc) is 2.64. The monoisotopic (exact) mass is 221 g/mol. The number of hydrogen-bond donors (Lipinski definition) is 3. The number of nitrogens with two attached hydrogens (primary N) is 1. The maximum atomic E-state index is 12.8. The van der Waals surface area contributed by atoms with E-state index in [0.29, 0.717) is 5.69 Å². The van der Waals surface area contributed by atoms with E-state index in [4.69, 9.17) is 5.73 Å². The predicted molar refractivity (Wildman–Crippen MR) is 55.1 cm³/mol. The Bertz CT molecular complexity index is 524. The van der Waals surface area contributed by atoms with Crippen molar-refractivity contribution in [2.45, 2.75) is 0 Å². The second-order valence-corrected chi connectivity index (χ2v) is 3.05. The first-order chi connectivity index (χ1) is 7.66. The van der Waals surface area contributed by atoms with Gasteiger partial charge >= 0.3 is 0 Å². The maximum absolute atomic E-state index is 12.8. The standard InChI is InChI=1S/C9H8FN5O/c10-6-1-5(2-12-3-6)9(16)14-8-7(11)4-13-15-8/h1-4H,11H2,(H2,13,14,15,16). The summed E-state index contributed by atoms with van der Waals surface area (Å²) in [7, 11) is 0. The van der Waals surface area contributed by atoms with Crippen molar-refractivity contribution in [1.82, 2.24) is 15.2 Å². The number of amides is 1. The molecule has 0 fully saturated rings. The molecule has 7 heteroatoms. The van der Waals surface area contributed by atoms with E-state index < -0.39 is 11.7 Å². The number of anilines is 2.